The van der Waals surface area contributed by atoms with Crippen molar-refractivity contribution in [1.82, 2.24) is 0 Å². The van der Waals surface area contributed by atoms with E-state index in [1.54, 1.807) is 0 Å². The molecule has 1 fully saturated rings. The van der Waals surface area contributed by atoms with Gasteiger partial charge in [-0.05, 0) is 0 Å². The highest BCUT2D eigenvalue weighted by atomic mass is 14.2. The SMILES string of the molecule is CCCC(C)(C)BC1CCCCC1. The van der Waals surface area contributed by atoms with Crippen LogP contribution in [0.5, 0.6) is 0 Å². The van der Waals surface area contributed by atoms with E-state index in [2.05, 4.69) is 20.8 Å². The monoisotopic (exact) mass is 180 g/mol. The Kier molecular flexibility index (Phi) is 4.35. The van der Waals surface area contributed by atoms with Gasteiger partial charge >= 0.3 is 0 Å². The van der Waals surface area contributed by atoms with Crippen LogP contribution < -0.4 is 0 Å². The predicted octanol–water partition coefficient (Wildman–Crippen LogP) is 4.17. The van der Waals surface area contributed by atoms with Gasteiger partial charge in [0.05, 0.1) is 0 Å². The lowest BCUT2D eigenvalue weighted by Crippen LogP contribution is -2.20. The molecular weight excluding hydrogens is 155 g/mol. The first-order valence-electron chi connectivity index (χ1n) is 6.14. The highest BCUT2D eigenvalue weighted by molar-refractivity contribution is 6.41. The van der Waals surface area contributed by atoms with E-state index in [1.807, 2.05) is 0 Å². The second kappa shape index (κ2) is 5.07. The van der Waals surface area contributed by atoms with Gasteiger partial charge in [-0.3, -0.25) is 0 Å². The second-order valence-corrected chi connectivity index (χ2v) is 5.62. The Morgan fingerprint density at radius 3 is 2.31 bits per heavy atom. The molecule has 0 unspecified atom stereocenters. The van der Waals surface area contributed by atoms with Gasteiger partial charge in [0.1, 0.15) is 7.28 Å². The smallest absolute Gasteiger partial charge is 0.0668 e. The fourth-order valence-electron chi connectivity index (χ4n) is 2.95. The number of hydrogen-bond donors (Lipinski definition) is 0. The summed E-state index contributed by atoms with van der Waals surface area (Å²) < 4.78 is 0. The van der Waals surface area contributed by atoms with E-state index in [0.29, 0.717) is 5.31 Å². The van der Waals surface area contributed by atoms with Crippen LogP contribution in [-0.2, 0) is 0 Å². The van der Waals surface area contributed by atoms with Crippen molar-refractivity contribution in [3.05, 3.63) is 0 Å². The summed E-state index contributed by atoms with van der Waals surface area (Å²) in [5, 5.41) is 0.608. The molecule has 0 bridgehead atoms. The van der Waals surface area contributed by atoms with Crippen molar-refractivity contribution in [2.45, 2.75) is 76.8 Å². The van der Waals surface area contributed by atoms with E-state index in [1.165, 1.54) is 52.2 Å². The van der Waals surface area contributed by atoms with E-state index >= 15 is 0 Å². The molecule has 0 saturated heterocycles. The van der Waals surface area contributed by atoms with Crippen molar-refractivity contribution in [3.8, 4) is 0 Å². The molecule has 1 aliphatic carbocycles. The Hall–Kier alpha value is 0.0649. The van der Waals surface area contributed by atoms with Crippen molar-refractivity contribution < 1.29 is 0 Å². The molecule has 0 aliphatic heterocycles. The van der Waals surface area contributed by atoms with Crippen LogP contribution in [-0.4, -0.2) is 7.28 Å². The summed E-state index contributed by atoms with van der Waals surface area (Å²) in [7, 11) is 1.47. The lowest BCUT2D eigenvalue weighted by molar-refractivity contribution is 0.483. The summed E-state index contributed by atoms with van der Waals surface area (Å²) >= 11 is 0. The molecule has 1 heteroatoms. The first-order chi connectivity index (χ1) is 6.14. The van der Waals surface area contributed by atoms with Crippen LogP contribution >= 0.6 is 0 Å². The van der Waals surface area contributed by atoms with Gasteiger partial charge in [-0.2, -0.15) is 0 Å². The maximum atomic E-state index is 2.45. The quantitative estimate of drug-likeness (QED) is 0.569. The van der Waals surface area contributed by atoms with E-state index in [-0.39, 0.29) is 0 Å². The number of rotatable bonds is 4. The molecule has 0 spiro atoms. The van der Waals surface area contributed by atoms with E-state index in [0.717, 1.165) is 5.82 Å². The molecule has 0 radical (unpaired) electrons. The van der Waals surface area contributed by atoms with Crippen LogP contribution in [0.4, 0.5) is 0 Å². The largest absolute Gasteiger partial charge is 0.130 e. The highest BCUT2D eigenvalue weighted by Gasteiger charge is 2.25. The van der Waals surface area contributed by atoms with Gasteiger partial charge in [-0.1, -0.05) is 76.8 Å². The lowest BCUT2D eigenvalue weighted by Gasteiger charge is -2.30. The summed E-state index contributed by atoms with van der Waals surface area (Å²) in [6.45, 7) is 7.21. The van der Waals surface area contributed by atoms with Gasteiger partial charge in [0, 0.05) is 0 Å². The molecule has 13 heavy (non-hydrogen) atoms. The van der Waals surface area contributed by atoms with E-state index in [9.17, 15) is 0 Å². The minimum Gasteiger partial charge on any atom is -0.0668 e. The van der Waals surface area contributed by atoms with Crippen LogP contribution in [0.15, 0.2) is 0 Å². The molecule has 0 aromatic heterocycles. The molecule has 0 N–H and O–H groups in total. The summed E-state index contributed by atoms with van der Waals surface area (Å²) in [4.78, 5) is 0. The van der Waals surface area contributed by atoms with Gasteiger partial charge in [0.2, 0.25) is 0 Å². The normalized spacial score (nSPS) is 20.2. The Morgan fingerprint density at radius 2 is 1.77 bits per heavy atom. The van der Waals surface area contributed by atoms with Crippen molar-refractivity contribution >= 4 is 7.28 Å². The summed E-state index contributed by atoms with van der Waals surface area (Å²) in [5.41, 5.74) is 0. The zero-order valence-corrected chi connectivity index (χ0v) is 9.73. The third-order valence-electron chi connectivity index (χ3n) is 3.49. The molecule has 76 valence electrons. The first kappa shape index (κ1) is 11.1. The molecular formula is C12H25B. The molecule has 1 rings (SSSR count). The Balaban J connectivity index is 2.28. The van der Waals surface area contributed by atoms with Gasteiger partial charge in [-0.15, -0.1) is 0 Å². The molecule has 1 saturated carbocycles. The highest BCUT2D eigenvalue weighted by Crippen LogP contribution is 2.38. The Bertz CT molecular complexity index is 134. The first-order valence-corrected chi connectivity index (χ1v) is 6.14. The standard InChI is InChI=1S/C12H25B/c1-4-10-12(2,3)13-11-8-6-5-7-9-11/h11,13H,4-10H2,1-3H3. The Morgan fingerprint density at radius 1 is 1.15 bits per heavy atom. The van der Waals surface area contributed by atoms with E-state index < -0.39 is 0 Å². The zero-order chi connectivity index (χ0) is 9.73. The predicted molar refractivity (Wildman–Crippen MR) is 62.9 cm³/mol. The lowest BCUT2D eigenvalue weighted by atomic mass is 9.43. The number of hydrogen-bond acceptors (Lipinski definition) is 0. The van der Waals surface area contributed by atoms with Crippen LogP contribution in [0.25, 0.3) is 0 Å². The minimum atomic E-state index is 0.608. The zero-order valence-electron chi connectivity index (χ0n) is 9.73. The third kappa shape index (κ3) is 4.20. The van der Waals surface area contributed by atoms with Gasteiger partial charge < -0.3 is 0 Å². The summed E-state index contributed by atoms with van der Waals surface area (Å²) in [6, 6.07) is 0. The fourth-order valence-corrected chi connectivity index (χ4v) is 2.95. The van der Waals surface area contributed by atoms with Gasteiger partial charge in [0.15, 0.2) is 0 Å². The van der Waals surface area contributed by atoms with Crippen LogP contribution in [0.1, 0.15) is 65.7 Å². The Labute approximate surface area is 84.7 Å². The van der Waals surface area contributed by atoms with Crippen LogP contribution in [0.2, 0.25) is 11.1 Å². The van der Waals surface area contributed by atoms with Crippen molar-refractivity contribution in [1.29, 1.82) is 0 Å². The second-order valence-electron chi connectivity index (χ2n) is 5.62. The summed E-state index contributed by atoms with van der Waals surface area (Å²) in [6.07, 6.45) is 10.2. The summed E-state index contributed by atoms with van der Waals surface area (Å²) in [5.74, 6) is 1.05. The minimum absolute atomic E-state index is 0.608. The van der Waals surface area contributed by atoms with Crippen LogP contribution in [0, 0.1) is 0 Å². The van der Waals surface area contributed by atoms with E-state index in [4.69, 9.17) is 0 Å². The van der Waals surface area contributed by atoms with Crippen molar-refractivity contribution in [2.24, 2.45) is 0 Å². The molecule has 0 nitrogen and oxygen atoms in total. The van der Waals surface area contributed by atoms with Crippen molar-refractivity contribution in [2.75, 3.05) is 0 Å². The molecule has 0 aromatic rings. The molecule has 1 aliphatic rings. The molecule has 0 heterocycles. The van der Waals surface area contributed by atoms with Crippen LogP contribution in [0.3, 0.4) is 0 Å². The molecule has 0 amide bonds. The molecule has 0 aromatic carbocycles. The average molecular weight is 180 g/mol. The van der Waals surface area contributed by atoms with Gasteiger partial charge in [0.25, 0.3) is 0 Å². The fraction of sp³-hybridized carbons (Fsp3) is 1.00. The third-order valence-corrected chi connectivity index (χ3v) is 3.49. The van der Waals surface area contributed by atoms with Crippen molar-refractivity contribution in [3.63, 3.8) is 0 Å². The maximum absolute atomic E-state index is 2.45. The topological polar surface area (TPSA) is 0 Å². The van der Waals surface area contributed by atoms with Gasteiger partial charge in [-0.25, -0.2) is 0 Å². The maximum Gasteiger partial charge on any atom is 0.130 e. The molecule has 0 atom stereocenters. The average Bonchev–Trinajstić information content (AvgIpc) is 2.04.